The van der Waals surface area contributed by atoms with E-state index in [0.29, 0.717) is 19.1 Å². The number of methoxy groups -OCH3 is 1. The van der Waals surface area contributed by atoms with Crippen molar-refractivity contribution in [2.75, 3.05) is 13.7 Å². The lowest BCUT2D eigenvalue weighted by molar-refractivity contribution is -0.385. The Labute approximate surface area is 115 Å². The monoisotopic (exact) mass is 281 g/mol. The maximum atomic E-state index is 10.9. The quantitative estimate of drug-likeness (QED) is 0.313. The number of nitro groups is 1. The van der Waals surface area contributed by atoms with E-state index in [2.05, 4.69) is 0 Å². The first-order valence-corrected chi connectivity index (χ1v) is 5.93. The van der Waals surface area contributed by atoms with Gasteiger partial charge in [-0.1, -0.05) is 0 Å². The fourth-order valence-corrected chi connectivity index (χ4v) is 1.59. The highest BCUT2D eigenvalue weighted by atomic mass is 16.6. The van der Waals surface area contributed by atoms with Gasteiger partial charge in [0.2, 0.25) is 0 Å². The highest BCUT2D eigenvalue weighted by Gasteiger charge is 2.19. The second-order valence-electron chi connectivity index (χ2n) is 4.09. The fourth-order valence-electron chi connectivity index (χ4n) is 1.59. The van der Waals surface area contributed by atoms with Gasteiger partial charge in [0.1, 0.15) is 5.78 Å². The van der Waals surface area contributed by atoms with E-state index in [-0.39, 0.29) is 35.1 Å². The molecule has 0 heterocycles. The van der Waals surface area contributed by atoms with E-state index in [1.807, 2.05) is 0 Å². The molecule has 0 atom stereocenters. The Morgan fingerprint density at radius 2 is 2.10 bits per heavy atom. The van der Waals surface area contributed by atoms with Crippen LogP contribution in [0.4, 0.5) is 5.69 Å². The summed E-state index contributed by atoms with van der Waals surface area (Å²) in [6, 6.07) is 2.40. The maximum Gasteiger partial charge on any atom is 0.283 e. The third-order valence-electron chi connectivity index (χ3n) is 2.57. The van der Waals surface area contributed by atoms with E-state index in [9.17, 15) is 19.7 Å². The van der Waals surface area contributed by atoms with Crippen LogP contribution in [-0.2, 0) is 4.79 Å². The van der Waals surface area contributed by atoms with Crippen molar-refractivity contribution in [2.45, 2.75) is 19.8 Å². The molecule has 20 heavy (non-hydrogen) atoms. The Balaban J connectivity index is 2.93. The van der Waals surface area contributed by atoms with E-state index >= 15 is 0 Å². The number of aldehydes is 1. The molecule has 0 N–H and O–H groups in total. The molecule has 0 amide bonds. The summed E-state index contributed by atoms with van der Waals surface area (Å²) < 4.78 is 10.4. The molecule has 0 bridgehead atoms. The second kappa shape index (κ2) is 7.22. The molecule has 0 aliphatic heterocycles. The van der Waals surface area contributed by atoms with Crippen molar-refractivity contribution >= 4 is 17.8 Å². The van der Waals surface area contributed by atoms with Crippen LogP contribution >= 0.6 is 0 Å². The van der Waals surface area contributed by atoms with Gasteiger partial charge >= 0.3 is 0 Å². The molecule has 0 spiro atoms. The molecule has 1 rings (SSSR count). The zero-order valence-electron chi connectivity index (χ0n) is 11.3. The molecule has 0 unspecified atom stereocenters. The van der Waals surface area contributed by atoms with Crippen LogP contribution in [0.25, 0.3) is 0 Å². The van der Waals surface area contributed by atoms with Crippen molar-refractivity contribution in [3.05, 3.63) is 27.8 Å². The summed E-state index contributed by atoms with van der Waals surface area (Å²) in [5.41, 5.74) is -0.426. The molecule has 0 aliphatic rings. The summed E-state index contributed by atoms with van der Waals surface area (Å²) in [6.07, 6.45) is 1.26. The Kier molecular flexibility index (Phi) is 5.64. The Bertz CT molecular complexity index is 526. The summed E-state index contributed by atoms with van der Waals surface area (Å²) >= 11 is 0. The minimum absolute atomic E-state index is 0.0443. The molecule has 108 valence electrons. The zero-order chi connectivity index (χ0) is 15.1. The van der Waals surface area contributed by atoms with Crippen LogP contribution in [0.3, 0.4) is 0 Å². The van der Waals surface area contributed by atoms with Gasteiger partial charge < -0.3 is 14.3 Å². The lowest BCUT2D eigenvalue weighted by Gasteiger charge is -2.11. The first kappa shape index (κ1) is 15.6. The number of carbonyl (C=O) groups is 2. The second-order valence-corrected chi connectivity index (χ2v) is 4.09. The van der Waals surface area contributed by atoms with Crippen LogP contribution < -0.4 is 9.47 Å². The number of hydrogen-bond donors (Lipinski definition) is 0. The van der Waals surface area contributed by atoms with Crippen LogP contribution in [-0.4, -0.2) is 30.7 Å². The van der Waals surface area contributed by atoms with Crippen molar-refractivity contribution < 1.29 is 24.0 Å². The molecule has 0 saturated heterocycles. The molecule has 1 aromatic rings. The van der Waals surface area contributed by atoms with Crippen LogP contribution in [0.15, 0.2) is 12.1 Å². The third-order valence-corrected chi connectivity index (χ3v) is 2.57. The number of rotatable bonds is 8. The number of ketones is 1. The highest BCUT2D eigenvalue weighted by molar-refractivity contribution is 5.83. The van der Waals surface area contributed by atoms with Crippen molar-refractivity contribution in [2.24, 2.45) is 0 Å². The van der Waals surface area contributed by atoms with Gasteiger partial charge in [-0.15, -0.1) is 0 Å². The zero-order valence-corrected chi connectivity index (χ0v) is 11.3. The van der Waals surface area contributed by atoms with Crippen molar-refractivity contribution in [1.29, 1.82) is 0 Å². The van der Waals surface area contributed by atoms with E-state index in [1.165, 1.54) is 20.1 Å². The summed E-state index contributed by atoms with van der Waals surface area (Å²) in [7, 11) is 1.37. The van der Waals surface area contributed by atoms with Gasteiger partial charge in [0.15, 0.2) is 17.8 Å². The van der Waals surface area contributed by atoms with E-state index in [1.54, 1.807) is 0 Å². The normalized spacial score (nSPS) is 9.90. The predicted octanol–water partition coefficient (Wildman–Crippen LogP) is 2.16. The number of nitrogens with zero attached hydrogens (tertiary/aromatic N) is 1. The standard InChI is InChI=1S/C13H15NO6/c1-9(16)4-3-5-20-13-7-11(14(17)18)10(8-15)6-12(13)19-2/h6-8H,3-5H2,1-2H3. The van der Waals surface area contributed by atoms with Gasteiger partial charge in [-0.25, -0.2) is 0 Å². The Morgan fingerprint density at radius 3 is 2.60 bits per heavy atom. The van der Waals surface area contributed by atoms with Gasteiger partial charge in [0.05, 0.1) is 30.3 Å². The molecular formula is C13H15NO6. The van der Waals surface area contributed by atoms with E-state index < -0.39 is 4.92 Å². The molecule has 0 fully saturated rings. The van der Waals surface area contributed by atoms with Crippen LogP contribution in [0, 0.1) is 10.1 Å². The average Bonchev–Trinajstić information content (AvgIpc) is 2.42. The molecule has 7 nitrogen and oxygen atoms in total. The van der Waals surface area contributed by atoms with Crippen molar-refractivity contribution in [3.63, 3.8) is 0 Å². The smallest absolute Gasteiger partial charge is 0.283 e. The van der Waals surface area contributed by atoms with Gasteiger partial charge in [0.25, 0.3) is 5.69 Å². The minimum atomic E-state index is -0.661. The molecule has 1 aromatic carbocycles. The number of benzene rings is 1. The van der Waals surface area contributed by atoms with Crippen LogP contribution in [0.1, 0.15) is 30.1 Å². The first-order chi connectivity index (χ1) is 9.49. The summed E-state index contributed by atoms with van der Waals surface area (Å²) in [5, 5.41) is 10.9. The summed E-state index contributed by atoms with van der Waals surface area (Å²) in [5.74, 6) is 0.455. The number of Topliss-reactive ketones (excluding diaryl/α,β-unsaturated/α-hetero) is 1. The first-order valence-electron chi connectivity index (χ1n) is 5.93. The van der Waals surface area contributed by atoms with Gasteiger partial charge in [-0.05, 0) is 13.3 Å². The molecule has 7 heteroatoms. The van der Waals surface area contributed by atoms with Crippen LogP contribution in [0.5, 0.6) is 11.5 Å². The summed E-state index contributed by atoms with van der Waals surface area (Å²) in [6.45, 7) is 1.71. The van der Waals surface area contributed by atoms with Gasteiger partial charge in [-0.3, -0.25) is 14.9 Å². The lowest BCUT2D eigenvalue weighted by Crippen LogP contribution is -2.03. The van der Waals surface area contributed by atoms with Crippen molar-refractivity contribution in [3.8, 4) is 11.5 Å². The van der Waals surface area contributed by atoms with Gasteiger partial charge in [0, 0.05) is 12.5 Å². The minimum Gasteiger partial charge on any atom is -0.493 e. The summed E-state index contributed by atoms with van der Waals surface area (Å²) in [4.78, 5) is 31.8. The molecule has 0 aliphatic carbocycles. The number of nitro benzene ring substituents is 1. The van der Waals surface area contributed by atoms with Crippen molar-refractivity contribution in [1.82, 2.24) is 0 Å². The maximum absolute atomic E-state index is 10.9. The number of carbonyl (C=O) groups excluding carboxylic acids is 2. The highest BCUT2D eigenvalue weighted by Crippen LogP contribution is 2.34. The SMILES string of the molecule is COc1cc(C=O)c([N+](=O)[O-])cc1OCCCC(C)=O. The Morgan fingerprint density at radius 1 is 1.40 bits per heavy atom. The average molecular weight is 281 g/mol. The molecule has 0 aromatic heterocycles. The topological polar surface area (TPSA) is 95.7 Å². The fraction of sp³-hybridized carbons (Fsp3) is 0.385. The molecular weight excluding hydrogens is 266 g/mol. The largest absolute Gasteiger partial charge is 0.493 e. The predicted molar refractivity (Wildman–Crippen MR) is 70.4 cm³/mol. The lowest BCUT2D eigenvalue weighted by atomic mass is 10.1. The number of hydrogen-bond acceptors (Lipinski definition) is 6. The number of ether oxygens (including phenoxy) is 2. The van der Waals surface area contributed by atoms with Crippen LogP contribution in [0.2, 0.25) is 0 Å². The van der Waals surface area contributed by atoms with E-state index in [4.69, 9.17) is 9.47 Å². The van der Waals surface area contributed by atoms with E-state index in [0.717, 1.165) is 6.07 Å². The third kappa shape index (κ3) is 4.04. The molecule has 0 saturated carbocycles. The molecule has 0 radical (unpaired) electrons. The van der Waals surface area contributed by atoms with Gasteiger partial charge in [-0.2, -0.15) is 0 Å². The Hall–Kier alpha value is -2.44.